The van der Waals surface area contributed by atoms with Gasteiger partial charge in [-0.1, -0.05) is 0 Å². The van der Waals surface area contributed by atoms with E-state index in [1.165, 1.54) is 24.2 Å². The van der Waals surface area contributed by atoms with Crippen molar-refractivity contribution in [2.45, 2.75) is 44.1 Å². The Balaban J connectivity index is 1.34. The first kappa shape index (κ1) is 12.6. The SMILES string of the molecule is O=C(Nc1scnc1C1CC1)NC1CC12CCOCC2. The lowest BCUT2D eigenvalue weighted by molar-refractivity contribution is 0.0548. The Morgan fingerprint density at radius 2 is 2.20 bits per heavy atom. The van der Waals surface area contributed by atoms with Crippen molar-refractivity contribution in [1.82, 2.24) is 10.3 Å². The molecule has 4 rings (SSSR count). The normalized spacial score (nSPS) is 27.3. The molecule has 5 nitrogen and oxygen atoms in total. The zero-order chi connectivity index (χ0) is 13.6. The molecular weight excluding hydrogens is 274 g/mol. The van der Waals surface area contributed by atoms with Crippen molar-refractivity contribution in [1.29, 1.82) is 0 Å². The summed E-state index contributed by atoms with van der Waals surface area (Å²) in [5, 5.41) is 7.02. The largest absolute Gasteiger partial charge is 0.381 e. The Kier molecular flexibility index (Phi) is 2.96. The summed E-state index contributed by atoms with van der Waals surface area (Å²) < 4.78 is 5.40. The molecule has 1 aliphatic heterocycles. The molecule has 3 aliphatic rings. The fraction of sp³-hybridized carbons (Fsp3) is 0.714. The van der Waals surface area contributed by atoms with Gasteiger partial charge in [0.25, 0.3) is 0 Å². The average molecular weight is 293 g/mol. The van der Waals surface area contributed by atoms with Crippen LogP contribution in [0.1, 0.15) is 43.7 Å². The Morgan fingerprint density at radius 3 is 2.95 bits per heavy atom. The molecule has 1 aromatic heterocycles. The Bertz CT molecular complexity index is 520. The minimum atomic E-state index is -0.0792. The zero-order valence-electron chi connectivity index (χ0n) is 11.4. The number of urea groups is 1. The predicted octanol–water partition coefficient (Wildman–Crippen LogP) is 2.71. The second kappa shape index (κ2) is 4.70. The number of carbonyl (C=O) groups is 1. The van der Waals surface area contributed by atoms with Gasteiger partial charge in [0, 0.05) is 25.2 Å². The van der Waals surface area contributed by atoms with Crippen LogP contribution in [0, 0.1) is 5.41 Å². The van der Waals surface area contributed by atoms with Crippen LogP contribution in [-0.4, -0.2) is 30.3 Å². The number of carbonyl (C=O) groups excluding carboxylic acids is 1. The van der Waals surface area contributed by atoms with E-state index in [1.807, 2.05) is 5.51 Å². The zero-order valence-corrected chi connectivity index (χ0v) is 12.2. The number of anilines is 1. The molecule has 108 valence electrons. The van der Waals surface area contributed by atoms with Crippen LogP contribution in [-0.2, 0) is 4.74 Å². The topological polar surface area (TPSA) is 63.2 Å². The van der Waals surface area contributed by atoms with Gasteiger partial charge in [0.05, 0.1) is 11.2 Å². The quantitative estimate of drug-likeness (QED) is 0.900. The molecule has 1 saturated heterocycles. The first-order chi connectivity index (χ1) is 9.77. The summed E-state index contributed by atoms with van der Waals surface area (Å²) in [6.45, 7) is 1.67. The summed E-state index contributed by atoms with van der Waals surface area (Å²) in [7, 11) is 0. The van der Waals surface area contributed by atoms with Crippen LogP contribution < -0.4 is 10.6 Å². The molecule has 2 saturated carbocycles. The molecule has 3 fully saturated rings. The number of amides is 2. The van der Waals surface area contributed by atoms with Crippen LogP contribution in [0.15, 0.2) is 5.51 Å². The van der Waals surface area contributed by atoms with E-state index in [2.05, 4.69) is 15.6 Å². The van der Waals surface area contributed by atoms with Crippen LogP contribution in [0.4, 0.5) is 9.80 Å². The molecule has 0 aromatic carbocycles. The van der Waals surface area contributed by atoms with Crippen LogP contribution in [0.5, 0.6) is 0 Å². The second-order valence-electron chi connectivity index (χ2n) is 6.17. The number of hydrogen-bond donors (Lipinski definition) is 2. The Hall–Kier alpha value is -1.14. The molecule has 6 heteroatoms. The van der Waals surface area contributed by atoms with Gasteiger partial charge in [-0.25, -0.2) is 9.78 Å². The van der Waals surface area contributed by atoms with Crippen molar-refractivity contribution in [2.75, 3.05) is 18.5 Å². The molecule has 2 amide bonds. The third-order valence-corrected chi connectivity index (χ3v) is 5.53. The van der Waals surface area contributed by atoms with Crippen LogP contribution in [0.2, 0.25) is 0 Å². The highest BCUT2D eigenvalue weighted by Gasteiger charge is 2.55. The highest BCUT2D eigenvalue weighted by molar-refractivity contribution is 7.14. The molecule has 0 bridgehead atoms. The third-order valence-electron chi connectivity index (χ3n) is 4.77. The average Bonchev–Trinajstić information content (AvgIpc) is 3.34. The lowest BCUT2D eigenvalue weighted by atomic mass is 9.96. The van der Waals surface area contributed by atoms with Crippen molar-refractivity contribution in [2.24, 2.45) is 5.41 Å². The van der Waals surface area contributed by atoms with Gasteiger partial charge in [-0.15, -0.1) is 11.3 Å². The van der Waals surface area contributed by atoms with E-state index in [0.29, 0.717) is 17.4 Å². The van der Waals surface area contributed by atoms with Gasteiger partial charge in [0.15, 0.2) is 0 Å². The van der Waals surface area contributed by atoms with E-state index in [0.717, 1.165) is 43.2 Å². The minimum absolute atomic E-state index is 0.0792. The number of nitrogens with zero attached hydrogens (tertiary/aromatic N) is 1. The van der Waals surface area contributed by atoms with Gasteiger partial charge in [0.2, 0.25) is 0 Å². The van der Waals surface area contributed by atoms with Crippen LogP contribution in [0.3, 0.4) is 0 Å². The van der Waals surface area contributed by atoms with E-state index in [4.69, 9.17) is 4.74 Å². The maximum atomic E-state index is 12.1. The number of aromatic nitrogens is 1. The summed E-state index contributed by atoms with van der Waals surface area (Å²) in [6, 6.07) is 0.244. The molecule has 0 radical (unpaired) electrons. The monoisotopic (exact) mass is 293 g/mol. The van der Waals surface area contributed by atoms with Gasteiger partial charge >= 0.3 is 6.03 Å². The van der Waals surface area contributed by atoms with Crippen molar-refractivity contribution < 1.29 is 9.53 Å². The van der Waals surface area contributed by atoms with Crippen LogP contribution >= 0.6 is 11.3 Å². The summed E-state index contributed by atoms with van der Waals surface area (Å²) >= 11 is 1.52. The molecule has 1 aromatic rings. The Morgan fingerprint density at radius 1 is 1.40 bits per heavy atom. The summed E-state index contributed by atoms with van der Waals surface area (Å²) in [5.74, 6) is 0.569. The number of rotatable bonds is 3. The summed E-state index contributed by atoms with van der Waals surface area (Å²) in [6.07, 6.45) is 5.65. The highest BCUT2D eigenvalue weighted by atomic mass is 32.1. The predicted molar refractivity (Wildman–Crippen MR) is 77.1 cm³/mol. The number of hydrogen-bond acceptors (Lipinski definition) is 4. The van der Waals surface area contributed by atoms with E-state index in [9.17, 15) is 4.79 Å². The maximum absolute atomic E-state index is 12.1. The molecule has 2 N–H and O–H groups in total. The first-order valence-corrected chi connectivity index (χ1v) is 8.23. The maximum Gasteiger partial charge on any atom is 0.320 e. The molecule has 2 aliphatic carbocycles. The summed E-state index contributed by atoms with van der Waals surface area (Å²) in [5.41, 5.74) is 3.21. The first-order valence-electron chi connectivity index (χ1n) is 7.35. The smallest absolute Gasteiger partial charge is 0.320 e. The minimum Gasteiger partial charge on any atom is -0.381 e. The standard InChI is InChI=1S/C14H19N3O2S/c18-13(16-10-7-14(10)3-5-19-6-4-14)17-12-11(9-1-2-9)15-8-20-12/h8-10H,1-7H2,(H2,16,17,18). The van der Waals surface area contributed by atoms with E-state index >= 15 is 0 Å². The van der Waals surface area contributed by atoms with Crippen molar-refractivity contribution >= 4 is 22.4 Å². The molecule has 2 heterocycles. The van der Waals surface area contributed by atoms with Gasteiger partial charge in [-0.05, 0) is 37.5 Å². The van der Waals surface area contributed by atoms with Crippen molar-refractivity contribution in [3.8, 4) is 0 Å². The highest BCUT2D eigenvalue weighted by Crippen LogP contribution is 2.53. The summed E-state index contributed by atoms with van der Waals surface area (Å²) in [4.78, 5) is 16.5. The number of thiazole rings is 1. The van der Waals surface area contributed by atoms with Gasteiger partial charge < -0.3 is 10.1 Å². The fourth-order valence-electron chi connectivity index (χ4n) is 3.18. The molecule has 1 atom stereocenters. The van der Waals surface area contributed by atoms with Gasteiger partial charge in [0.1, 0.15) is 5.00 Å². The van der Waals surface area contributed by atoms with Crippen molar-refractivity contribution in [3.05, 3.63) is 11.2 Å². The van der Waals surface area contributed by atoms with E-state index in [1.54, 1.807) is 0 Å². The lowest BCUT2D eigenvalue weighted by Gasteiger charge is -2.22. The fourth-order valence-corrected chi connectivity index (χ4v) is 3.94. The van der Waals surface area contributed by atoms with E-state index in [-0.39, 0.29) is 6.03 Å². The number of ether oxygens (including phenoxy) is 1. The molecular formula is C14H19N3O2S. The van der Waals surface area contributed by atoms with Crippen molar-refractivity contribution in [3.63, 3.8) is 0 Å². The van der Waals surface area contributed by atoms with Gasteiger partial charge in [-0.3, -0.25) is 5.32 Å². The second-order valence-corrected chi connectivity index (χ2v) is 7.03. The molecule has 1 unspecified atom stereocenters. The Labute approximate surface area is 122 Å². The van der Waals surface area contributed by atoms with E-state index < -0.39 is 0 Å². The molecule has 1 spiro atoms. The number of nitrogens with one attached hydrogen (secondary N) is 2. The van der Waals surface area contributed by atoms with Gasteiger partial charge in [-0.2, -0.15) is 0 Å². The van der Waals surface area contributed by atoms with Crippen LogP contribution in [0.25, 0.3) is 0 Å². The molecule has 20 heavy (non-hydrogen) atoms. The lowest BCUT2D eigenvalue weighted by Crippen LogP contribution is -2.35. The third kappa shape index (κ3) is 2.31.